The van der Waals surface area contributed by atoms with Gasteiger partial charge < -0.3 is 14.8 Å². The number of ether oxygens (including phenoxy) is 2. The van der Waals surface area contributed by atoms with Gasteiger partial charge in [0.1, 0.15) is 16.3 Å². The van der Waals surface area contributed by atoms with Crippen LogP contribution in [0.1, 0.15) is 59.7 Å². The maximum Gasteiger partial charge on any atom is 0.341 e. The van der Waals surface area contributed by atoms with E-state index in [1.807, 2.05) is 29.6 Å². The Kier molecular flexibility index (Phi) is 7.73. The highest BCUT2D eigenvalue weighted by molar-refractivity contribution is 9.10. The minimum absolute atomic E-state index is 0.159. The number of thiophene rings is 1. The summed E-state index contributed by atoms with van der Waals surface area (Å²) < 4.78 is 11.8. The number of hydrogen-bond acceptors (Lipinski definition) is 5. The first-order valence-electron chi connectivity index (χ1n) is 11.4. The van der Waals surface area contributed by atoms with E-state index in [4.69, 9.17) is 9.47 Å². The molecule has 1 amide bonds. The van der Waals surface area contributed by atoms with Crippen molar-refractivity contribution in [3.8, 4) is 16.9 Å². The third kappa shape index (κ3) is 5.36. The van der Waals surface area contributed by atoms with Gasteiger partial charge in [-0.3, -0.25) is 4.79 Å². The molecule has 0 aliphatic heterocycles. The summed E-state index contributed by atoms with van der Waals surface area (Å²) in [6.45, 7) is 3.99. The molecule has 0 spiro atoms. The quantitative estimate of drug-likeness (QED) is 0.327. The Labute approximate surface area is 212 Å². The van der Waals surface area contributed by atoms with Crippen molar-refractivity contribution < 1.29 is 19.1 Å². The van der Waals surface area contributed by atoms with Gasteiger partial charge in [0.2, 0.25) is 0 Å². The molecule has 2 aromatic carbocycles. The molecule has 7 heteroatoms. The lowest BCUT2D eigenvalue weighted by Crippen LogP contribution is -2.21. The largest absolute Gasteiger partial charge is 0.483 e. The van der Waals surface area contributed by atoms with Crippen LogP contribution >= 0.6 is 27.3 Å². The molecule has 0 saturated carbocycles. The van der Waals surface area contributed by atoms with Gasteiger partial charge in [0.05, 0.1) is 7.11 Å². The van der Waals surface area contributed by atoms with Gasteiger partial charge in [-0.25, -0.2) is 4.79 Å². The zero-order valence-corrected chi connectivity index (χ0v) is 22.0. The van der Waals surface area contributed by atoms with E-state index >= 15 is 0 Å². The van der Waals surface area contributed by atoms with E-state index in [0.29, 0.717) is 16.3 Å². The Bertz CT molecular complexity index is 1220. The van der Waals surface area contributed by atoms with Gasteiger partial charge in [-0.2, -0.15) is 0 Å². The van der Waals surface area contributed by atoms with Gasteiger partial charge in [-0.15, -0.1) is 11.3 Å². The van der Waals surface area contributed by atoms with Crippen molar-refractivity contribution >= 4 is 44.1 Å². The number of rotatable bonds is 7. The van der Waals surface area contributed by atoms with Crippen LogP contribution in [0.4, 0.5) is 5.00 Å². The second-order valence-electron chi connectivity index (χ2n) is 8.71. The lowest BCUT2D eigenvalue weighted by molar-refractivity contribution is -0.118. The fourth-order valence-electron chi connectivity index (χ4n) is 4.28. The smallest absolute Gasteiger partial charge is 0.341 e. The van der Waals surface area contributed by atoms with Gasteiger partial charge in [0.25, 0.3) is 5.91 Å². The summed E-state index contributed by atoms with van der Waals surface area (Å²) in [5.41, 5.74) is 5.85. The van der Waals surface area contributed by atoms with E-state index in [9.17, 15) is 9.59 Å². The summed E-state index contributed by atoms with van der Waals surface area (Å²) >= 11 is 4.80. The van der Waals surface area contributed by atoms with E-state index < -0.39 is 5.97 Å². The lowest BCUT2D eigenvalue weighted by Gasteiger charge is -2.17. The molecule has 0 fully saturated rings. The van der Waals surface area contributed by atoms with Crippen LogP contribution < -0.4 is 10.1 Å². The molecular formula is C27H28BrNO4S. The Balaban J connectivity index is 1.54. The number of halogens is 1. The van der Waals surface area contributed by atoms with E-state index in [0.717, 1.165) is 34.0 Å². The van der Waals surface area contributed by atoms with Gasteiger partial charge in [-0.05, 0) is 72.1 Å². The predicted octanol–water partition coefficient (Wildman–Crippen LogP) is 6.98. The summed E-state index contributed by atoms with van der Waals surface area (Å²) in [6, 6.07) is 12.1. The molecule has 0 bridgehead atoms. The van der Waals surface area contributed by atoms with Gasteiger partial charge in [-0.1, -0.05) is 48.0 Å². The SMILES string of the molecule is COC(=O)c1c(-c2ccc3c(c2)CCCC3)csc1NC(=O)COc1ccc(Br)cc1C(C)C. The van der Waals surface area contributed by atoms with Gasteiger partial charge in [0.15, 0.2) is 6.61 Å². The highest BCUT2D eigenvalue weighted by atomic mass is 79.9. The average molecular weight is 542 g/mol. The summed E-state index contributed by atoms with van der Waals surface area (Å²) in [7, 11) is 1.35. The number of carbonyl (C=O) groups excluding carboxylic acids is 2. The van der Waals surface area contributed by atoms with Gasteiger partial charge >= 0.3 is 5.97 Å². The fraction of sp³-hybridized carbons (Fsp3) is 0.333. The molecule has 4 rings (SSSR count). The zero-order chi connectivity index (χ0) is 24.2. The highest BCUT2D eigenvalue weighted by Crippen LogP contribution is 2.38. The normalized spacial score (nSPS) is 12.9. The molecule has 1 N–H and O–H groups in total. The monoisotopic (exact) mass is 541 g/mol. The molecule has 0 radical (unpaired) electrons. The number of aryl methyl sites for hydroxylation is 2. The fourth-order valence-corrected chi connectivity index (χ4v) is 5.63. The van der Waals surface area contributed by atoms with E-state index in [2.05, 4.69) is 47.2 Å². The second-order valence-corrected chi connectivity index (χ2v) is 10.5. The molecule has 0 atom stereocenters. The number of hydrogen-bond donors (Lipinski definition) is 1. The number of amides is 1. The van der Waals surface area contributed by atoms with Crippen molar-refractivity contribution in [3.05, 3.63) is 68.5 Å². The minimum Gasteiger partial charge on any atom is -0.483 e. The van der Waals surface area contributed by atoms with Crippen molar-refractivity contribution in [1.29, 1.82) is 0 Å². The van der Waals surface area contributed by atoms with Crippen LogP contribution in [0.5, 0.6) is 5.75 Å². The van der Waals surface area contributed by atoms with Crippen molar-refractivity contribution in [2.75, 3.05) is 19.0 Å². The van der Waals surface area contributed by atoms with E-state index in [-0.39, 0.29) is 18.4 Å². The minimum atomic E-state index is -0.472. The number of anilines is 1. The number of methoxy groups -OCH3 is 1. The second kappa shape index (κ2) is 10.7. The van der Waals surface area contributed by atoms with Crippen molar-refractivity contribution in [3.63, 3.8) is 0 Å². The molecule has 1 aliphatic carbocycles. The molecular weight excluding hydrogens is 514 g/mol. The Morgan fingerprint density at radius 1 is 1.09 bits per heavy atom. The maximum absolute atomic E-state index is 12.7. The topological polar surface area (TPSA) is 64.6 Å². The Morgan fingerprint density at radius 2 is 1.85 bits per heavy atom. The predicted molar refractivity (Wildman–Crippen MR) is 140 cm³/mol. The van der Waals surface area contributed by atoms with Gasteiger partial charge in [0, 0.05) is 15.4 Å². The van der Waals surface area contributed by atoms with E-state index in [1.54, 1.807) is 0 Å². The summed E-state index contributed by atoms with van der Waals surface area (Å²) in [6.07, 6.45) is 4.55. The molecule has 1 aliphatic rings. The van der Waals surface area contributed by atoms with Crippen LogP contribution in [0.2, 0.25) is 0 Å². The Hall–Kier alpha value is -2.64. The summed E-state index contributed by atoms with van der Waals surface area (Å²) in [5, 5.41) is 5.22. The van der Waals surface area contributed by atoms with Crippen LogP contribution in [0.3, 0.4) is 0 Å². The number of benzene rings is 2. The summed E-state index contributed by atoms with van der Waals surface area (Å²) in [4.78, 5) is 25.4. The average Bonchev–Trinajstić information content (AvgIpc) is 3.25. The number of carbonyl (C=O) groups is 2. The number of fused-ring (bicyclic) bond motifs is 1. The highest BCUT2D eigenvalue weighted by Gasteiger charge is 2.23. The van der Waals surface area contributed by atoms with Crippen molar-refractivity contribution in [2.24, 2.45) is 0 Å². The molecule has 1 aromatic heterocycles. The molecule has 0 unspecified atom stereocenters. The van der Waals surface area contributed by atoms with Crippen LogP contribution in [0.15, 0.2) is 46.3 Å². The van der Waals surface area contributed by atoms with Crippen LogP contribution in [0, 0.1) is 0 Å². The standard InChI is InChI=1S/C27H28BrNO4S/c1-16(2)21-13-20(28)10-11-23(21)33-14-24(30)29-26-25(27(31)32-3)22(15-34-26)19-9-8-17-6-4-5-7-18(17)12-19/h8-13,15-16H,4-7,14H2,1-3H3,(H,29,30). The first-order chi connectivity index (χ1) is 16.4. The first-order valence-corrected chi connectivity index (χ1v) is 13.1. The van der Waals surface area contributed by atoms with Crippen molar-refractivity contribution in [1.82, 2.24) is 0 Å². The van der Waals surface area contributed by atoms with Crippen LogP contribution in [0.25, 0.3) is 11.1 Å². The molecule has 34 heavy (non-hydrogen) atoms. The first kappa shape index (κ1) is 24.5. The zero-order valence-electron chi connectivity index (χ0n) is 19.6. The lowest BCUT2D eigenvalue weighted by atomic mass is 9.89. The maximum atomic E-state index is 12.7. The summed E-state index contributed by atoms with van der Waals surface area (Å²) in [5.74, 6) is 0.113. The molecule has 0 saturated heterocycles. The third-order valence-electron chi connectivity index (χ3n) is 6.05. The van der Waals surface area contributed by atoms with Crippen LogP contribution in [-0.4, -0.2) is 25.6 Å². The van der Waals surface area contributed by atoms with E-state index in [1.165, 1.54) is 42.4 Å². The molecule has 178 valence electrons. The third-order valence-corrected chi connectivity index (χ3v) is 7.43. The molecule has 5 nitrogen and oxygen atoms in total. The van der Waals surface area contributed by atoms with Crippen molar-refractivity contribution in [2.45, 2.75) is 45.4 Å². The Morgan fingerprint density at radius 3 is 2.59 bits per heavy atom. The number of nitrogens with one attached hydrogen (secondary N) is 1. The van der Waals surface area contributed by atoms with Crippen LogP contribution in [-0.2, 0) is 22.4 Å². The number of esters is 1. The molecule has 3 aromatic rings. The molecule has 1 heterocycles.